The van der Waals surface area contributed by atoms with Gasteiger partial charge < -0.3 is 9.47 Å². The summed E-state index contributed by atoms with van der Waals surface area (Å²) in [6, 6.07) is 17.0. The summed E-state index contributed by atoms with van der Waals surface area (Å²) in [5.41, 5.74) is 8.43. The van der Waals surface area contributed by atoms with Crippen LogP contribution in [0.4, 0.5) is 5.13 Å². The molecule has 32 heavy (non-hydrogen) atoms. The number of hydrogen-bond donors (Lipinski definition) is 2. The summed E-state index contributed by atoms with van der Waals surface area (Å²) in [5.74, 6) is 1.05. The van der Waals surface area contributed by atoms with Crippen molar-refractivity contribution in [1.29, 1.82) is 0 Å². The van der Waals surface area contributed by atoms with E-state index in [1.54, 1.807) is 31.6 Å². The molecule has 0 fully saturated rings. The summed E-state index contributed by atoms with van der Waals surface area (Å²) in [6.07, 6.45) is 0. The van der Waals surface area contributed by atoms with Crippen LogP contribution in [0.3, 0.4) is 0 Å². The molecule has 0 saturated carbocycles. The minimum Gasteiger partial charge on any atom is -0.495 e. The number of anilines is 1. The van der Waals surface area contributed by atoms with E-state index in [0.29, 0.717) is 27.7 Å². The molecule has 0 saturated heterocycles. The maximum absolute atomic E-state index is 13.1. The van der Waals surface area contributed by atoms with E-state index in [2.05, 4.69) is 15.8 Å². The average Bonchev–Trinajstić information content (AvgIpc) is 3.51. The number of thiophene rings is 1. The average molecular weight is 463 g/mol. The van der Waals surface area contributed by atoms with Crippen LogP contribution < -0.4 is 20.3 Å². The number of nitrogens with zero attached hydrogens (tertiary/aromatic N) is 2. The van der Waals surface area contributed by atoms with E-state index in [4.69, 9.17) is 14.5 Å². The van der Waals surface area contributed by atoms with E-state index in [0.717, 1.165) is 26.2 Å². The van der Waals surface area contributed by atoms with E-state index < -0.39 is 0 Å². The molecule has 3 aromatic heterocycles. The number of aromatic nitrogens is 2. The van der Waals surface area contributed by atoms with Crippen molar-refractivity contribution >= 4 is 54.8 Å². The van der Waals surface area contributed by atoms with Crippen LogP contribution in [0.2, 0.25) is 0 Å². The molecule has 0 spiro atoms. The lowest BCUT2D eigenvalue weighted by Gasteiger charge is -2.10. The molecule has 5 aromatic rings. The molecule has 0 aliphatic carbocycles. The van der Waals surface area contributed by atoms with Gasteiger partial charge in [0.1, 0.15) is 21.7 Å². The number of nitrogens with one attached hydrogen (secondary N) is 2. The lowest BCUT2D eigenvalue weighted by atomic mass is 10.1. The first kappa shape index (κ1) is 20.2. The second kappa shape index (κ2) is 8.45. The molecular weight excluding hydrogens is 444 g/mol. The third kappa shape index (κ3) is 3.61. The largest absolute Gasteiger partial charge is 0.495 e. The number of carbonyl (C=O) groups excluding carboxylic acids is 1. The molecule has 1 amide bonds. The van der Waals surface area contributed by atoms with Gasteiger partial charge in [-0.15, -0.1) is 11.3 Å². The number of ether oxygens (including phenoxy) is 2. The van der Waals surface area contributed by atoms with Gasteiger partial charge in [0.2, 0.25) is 5.13 Å². The predicted octanol–water partition coefficient (Wildman–Crippen LogP) is 5.35. The van der Waals surface area contributed by atoms with Gasteiger partial charge >= 0.3 is 0 Å². The first-order chi connectivity index (χ1) is 15.7. The molecule has 9 heteroatoms. The highest BCUT2D eigenvalue weighted by Gasteiger charge is 2.17. The Balaban J connectivity index is 1.47. The molecule has 0 bridgehead atoms. The fraction of sp³-hybridized carbons (Fsp3) is 0.0870. The normalized spacial score (nSPS) is 10.9. The second-order valence-corrected chi connectivity index (χ2v) is 8.74. The van der Waals surface area contributed by atoms with Crippen LogP contribution in [-0.4, -0.2) is 30.1 Å². The third-order valence-corrected chi connectivity index (χ3v) is 6.81. The SMILES string of the molecule is COc1ccc(OC)c2sc(NNC(=O)c3cc(-c4cccs4)nc4ccccc34)nc12. The van der Waals surface area contributed by atoms with E-state index in [-0.39, 0.29) is 5.91 Å². The molecule has 3 heterocycles. The maximum atomic E-state index is 13.1. The summed E-state index contributed by atoms with van der Waals surface area (Å²) in [6.45, 7) is 0. The number of hydrogen-bond acceptors (Lipinski definition) is 8. The Morgan fingerprint density at radius 1 is 0.969 bits per heavy atom. The number of rotatable bonds is 6. The number of para-hydroxylation sites is 1. The minimum atomic E-state index is -0.278. The molecule has 0 aliphatic heterocycles. The number of pyridine rings is 1. The van der Waals surface area contributed by atoms with Crippen LogP contribution in [0, 0.1) is 0 Å². The molecule has 0 unspecified atom stereocenters. The van der Waals surface area contributed by atoms with E-state index in [1.807, 2.05) is 53.9 Å². The fourth-order valence-corrected chi connectivity index (χ4v) is 5.04. The van der Waals surface area contributed by atoms with Crippen molar-refractivity contribution in [2.75, 3.05) is 19.6 Å². The zero-order chi connectivity index (χ0) is 22.1. The van der Waals surface area contributed by atoms with Gasteiger partial charge in [-0.25, -0.2) is 9.97 Å². The lowest BCUT2D eigenvalue weighted by molar-refractivity contribution is 0.0964. The standard InChI is InChI=1S/C23H18N4O3S2/c1-29-17-9-10-18(30-2)21-20(17)25-23(32-21)27-26-22(28)14-12-16(19-8-5-11-31-19)24-15-7-4-3-6-13(14)15/h3-12H,1-2H3,(H,25,27)(H,26,28). The van der Waals surface area contributed by atoms with Crippen molar-refractivity contribution in [2.24, 2.45) is 0 Å². The number of fused-ring (bicyclic) bond motifs is 2. The van der Waals surface area contributed by atoms with E-state index in [1.165, 1.54) is 11.3 Å². The Hall–Kier alpha value is -3.69. The monoisotopic (exact) mass is 462 g/mol. The van der Waals surface area contributed by atoms with Crippen LogP contribution in [0.15, 0.2) is 60.0 Å². The van der Waals surface area contributed by atoms with Crippen LogP contribution in [0.5, 0.6) is 11.5 Å². The number of methoxy groups -OCH3 is 2. The van der Waals surface area contributed by atoms with Crippen LogP contribution in [0.1, 0.15) is 10.4 Å². The Morgan fingerprint density at radius 3 is 2.56 bits per heavy atom. The van der Waals surface area contributed by atoms with Crippen LogP contribution in [-0.2, 0) is 0 Å². The number of hydrazine groups is 1. The number of carbonyl (C=O) groups is 1. The van der Waals surface area contributed by atoms with Crippen LogP contribution >= 0.6 is 22.7 Å². The maximum Gasteiger partial charge on any atom is 0.270 e. The van der Waals surface area contributed by atoms with Gasteiger partial charge in [0.05, 0.1) is 35.9 Å². The first-order valence-corrected chi connectivity index (χ1v) is 11.4. The fourth-order valence-electron chi connectivity index (χ4n) is 3.43. The van der Waals surface area contributed by atoms with Gasteiger partial charge in [0, 0.05) is 5.39 Å². The molecule has 0 atom stereocenters. The minimum absolute atomic E-state index is 0.278. The topological polar surface area (TPSA) is 85.4 Å². The number of thiazole rings is 1. The first-order valence-electron chi connectivity index (χ1n) is 9.69. The molecular formula is C23H18N4O3S2. The van der Waals surface area contributed by atoms with E-state index >= 15 is 0 Å². The number of amides is 1. The molecule has 2 N–H and O–H groups in total. The summed E-state index contributed by atoms with van der Waals surface area (Å²) in [4.78, 5) is 23.4. The zero-order valence-electron chi connectivity index (χ0n) is 17.2. The van der Waals surface area contributed by atoms with Gasteiger partial charge in [0.25, 0.3) is 5.91 Å². The van der Waals surface area contributed by atoms with Crippen molar-refractivity contribution < 1.29 is 14.3 Å². The molecule has 0 radical (unpaired) electrons. The third-order valence-electron chi connectivity index (χ3n) is 4.93. The van der Waals surface area contributed by atoms with Gasteiger partial charge in [0.15, 0.2) is 0 Å². The zero-order valence-corrected chi connectivity index (χ0v) is 18.8. The summed E-state index contributed by atoms with van der Waals surface area (Å²) < 4.78 is 11.7. The van der Waals surface area contributed by atoms with Crippen molar-refractivity contribution in [3.05, 3.63) is 65.5 Å². The summed E-state index contributed by atoms with van der Waals surface area (Å²) in [5, 5.41) is 3.29. The molecule has 2 aromatic carbocycles. The Kier molecular flexibility index (Phi) is 5.34. The molecule has 0 aliphatic rings. The van der Waals surface area contributed by atoms with Crippen molar-refractivity contribution in [3.63, 3.8) is 0 Å². The molecule has 7 nitrogen and oxygen atoms in total. The van der Waals surface area contributed by atoms with Crippen molar-refractivity contribution in [1.82, 2.24) is 15.4 Å². The Labute approximate surface area is 191 Å². The van der Waals surface area contributed by atoms with Gasteiger partial charge in [-0.3, -0.25) is 15.6 Å². The quantitative estimate of drug-likeness (QED) is 0.331. The predicted molar refractivity (Wildman–Crippen MR) is 129 cm³/mol. The molecule has 160 valence electrons. The summed E-state index contributed by atoms with van der Waals surface area (Å²) in [7, 11) is 3.20. The van der Waals surface area contributed by atoms with Gasteiger partial charge in [-0.1, -0.05) is 35.6 Å². The lowest BCUT2D eigenvalue weighted by Crippen LogP contribution is -2.29. The van der Waals surface area contributed by atoms with Crippen LogP contribution in [0.25, 0.3) is 31.7 Å². The summed E-state index contributed by atoms with van der Waals surface area (Å²) >= 11 is 2.95. The highest BCUT2D eigenvalue weighted by Crippen LogP contribution is 2.38. The highest BCUT2D eigenvalue weighted by molar-refractivity contribution is 7.22. The van der Waals surface area contributed by atoms with Crippen molar-refractivity contribution in [2.45, 2.75) is 0 Å². The van der Waals surface area contributed by atoms with Gasteiger partial charge in [-0.2, -0.15) is 0 Å². The Bertz CT molecular complexity index is 1390. The smallest absolute Gasteiger partial charge is 0.270 e. The second-order valence-electron chi connectivity index (χ2n) is 6.80. The number of benzene rings is 2. The Morgan fingerprint density at radius 2 is 1.78 bits per heavy atom. The highest BCUT2D eigenvalue weighted by atomic mass is 32.1. The molecule has 5 rings (SSSR count). The van der Waals surface area contributed by atoms with Gasteiger partial charge in [-0.05, 0) is 35.7 Å². The van der Waals surface area contributed by atoms with E-state index in [9.17, 15) is 4.79 Å². The van der Waals surface area contributed by atoms with Crippen molar-refractivity contribution in [3.8, 4) is 22.1 Å².